The number of nitrogen functional groups attached to an aromatic ring is 1. The highest BCUT2D eigenvalue weighted by Crippen LogP contribution is 2.35. The third kappa shape index (κ3) is 1.84. The minimum Gasteiger partial charge on any atom is -0.493 e. The van der Waals surface area contributed by atoms with E-state index in [0.717, 1.165) is 30.0 Å². The molecular weight excluding hydrogens is 222 g/mol. The maximum Gasteiger partial charge on any atom is 0.124 e. The Kier molecular flexibility index (Phi) is 2.71. The summed E-state index contributed by atoms with van der Waals surface area (Å²) in [6, 6.07) is 14.4. The summed E-state index contributed by atoms with van der Waals surface area (Å²) in [6.45, 7) is 2.74. The molecular formula is C16H17NO. The van der Waals surface area contributed by atoms with E-state index in [1.807, 2.05) is 25.1 Å². The van der Waals surface area contributed by atoms with Crippen LogP contribution in [0.25, 0.3) is 0 Å². The van der Waals surface area contributed by atoms with Gasteiger partial charge >= 0.3 is 0 Å². The van der Waals surface area contributed by atoms with E-state index in [4.69, 9.17) is 10.5 Å². The van der Waals surface area contributed by atoms with Crippen LogP contribution in [-0.2, 0) is 6.42 Å². The number of fused-ring (bicyclic) bond motifs is 1. The van der Waals surface area contributed by atoms with Gasteiger partial charge < -0.3 is 10.5 Å². The smallest absolute Gasteiger partial charge is 0.124 e. The molecule has 1 aliphatic carbocycles. The van der Waals surface area contributed by atoms with E-state index in [0.29, 0.717) is 5.92 Å². The van der Waals surface area contributed by atoms with Crippen LogP contribution in [0.15, 0.2) is 42.5 Å². The molecule has 0 spiro atoms. The quantitative estimate of drug-likeness (QED) is 0.834. The fraction of sp³-hybridized carbons (Fsp3) is 0.250. The Morgan fingerprint density at radius 1 is 1.17 bits per heavy atom. The monoisotopic (exact) mass is 239 g/mol. The number of ether oxygens (including phenoxy) is 1. The molecule has 0 saturated heterocycles. The van der Waals surface area contributed by atoms with Gasteiger partial charge in [0.2, 0.25) is 0 Å². The minimum absolute atomic E-state index is 0.530. The second kappa shape index (κ2) is 4.37. The number of nitrogens with two attached hydrogens (primary N) is 1. The van der Waals surface area contributed by atoms with Crippen LogP contribution in [0.1, 0.15) is 22.6 Å². The number of benzene rings is 2. The van der Waals surface area contributed by atoms with Crippen LogP contribution in [0.4, 0.5) is 5.69 Å². The van der Waals surface area contributed by atoms with Crippen LogP contribution in [-0.4, -0.2) is 6.61 Å². The predicted octanol–water partition coefficient (Wildman–Crippen LogP) is 3.30. The largest absolute Gasteiger partial charge is 0.493 e. The molecule has 1 unspecified atom stereocenters. The van der Waals surface area contributed by atoms with Crippen LogP contribution >= 0.6 is 0 Å². The van der Waals surface area contributed by atoms with Gasteiger partial charge in [0.15, 0.2) is 0 Å². The number of hydrogen-bond donors (Lipinski definition) is 1. The summed E-state index contributed by atoms with van der Waals surface area (Å²) in [5, 5.41) is 0. The summed E-state index contributed by atoms with van der Waals surface area (Å²) in [7, 11) is 0. The van der Waals surface area contributed by atoms with E-state index in [1.165, 1.54) is 11.1 Å². The maximum absolute atomic E-state index is 5.90. The molecule has 2 N–H and O–H groups in total. The fourth-order valence-electron chi connectivity index (χ4n) is 2.49. The van der Waals surface area contributed by atoms with E-state index in [9.17, 15) is 0 Å². The first-order valence-electron chi connectivity index (χ1n) is 6.31. The predicted molar refractivity (Wildman–Crippen MR) is 74.0 cm³/mol. The zero-order valence-corrected chi connectivity index (χ0v) is 10.5. The molecule has 1 atom stereocenters. The van der Waals surface area contributed by atoms with Gasteiger partial charge in [-0.3, -0.25) is 0 Å². The first-order valence-corrected chi connectivity index (χ1v) is 6.31. The summed E-state index contributed by atoms with van der Waals surface area (Å²) >= 11 is 0. The lowest BCUT2D eigenvalue weighted by molar-refractivity contribution is 0.274. The summed E-state index contributed by atoms with van der Waals surface area (Å²) in [5.41, 5.74) is 10.6. The molecule has 2 aromatic rings. The van der Waals surface area contributed by atoms with Gasteiger partial charge in [0.1, 0.15) is 5.75 Å². The molecule has 2 heteroatoms. The number of anilines is 1. The van der Waals surface area contributed by atoms with Gasteiger partial charge in [-0.1, -0.05) is 30.3 Å². The lowest BCUT2D eigenvalue weighted by atomic mass is 9.78. The van der Waals surface area contributed by atoms with E-state index < -0.39 is 0 Å². The van der Waals surface area contributed by atoms with Crippen molar-refractivity contribution in [3.63, 3.8) is 0 Å². The van der Waals surface area contributed by atoms with Crippen LogP contribution < -0.4 is 10.5 Å². The zero-order valence-electron chi connectivity index (χ0n) is 10.5. The maximum atomic E-state index is 5.90. The van der Waals surface area contributed by atoms with E-state index in [2.05, 4.69) is 24.3 Å². The normalized spacial score (nSPS) is 16.8. The molecule has 0 saturated carbocycles. The van der Waals surface area contributed by atoms with Crippen molar-refractivity contribution in [1.82, 2.24) is 0 Å². The molecule has 0 bridgehead atoms. The van der Waals surface area contributed by atoms with Crippen molar-refractivity contribution >= 4 is 5.69 Å². The second-order valence-electron chi connectivity index (χ2n) is 4.88. The lowest BCUT2D eigenvalue weighted by Crippen LogP contribution is -2.23. The molecule has 2 aromatic carbocycles. The topological polar surface area (TPSA) is 35.2 Å². The molecule has 2 nitrogen and oxygen atoms in total. The Morgan fingerprint density at radius 3 is 2.83 bits per heavy atom. The highest BCUT2D eigenvalue weighted by molar-refractivity contribution is 5.53. The molecule has 92 valence electrons. The Hall–Kier alpha value is -1.96. The molecule has 0 radical (unpaired) electrons. The first kappa shape index (κ1) is 11.1. The van der Waals surface area contributed by atoms with E-state index in [1.54, 1.807) is 0 Å². The van der Waals surface area contributed by atoms with Gasteiger partial charge in [-0.05, 0) is 36.6 Å². The van der Waals surface area contributed by atoms with Gasteiger partial charge in [0, 0.05) is 17.2 Å². The molecule has 18 heavy (non-hydrogen) atoms. The van der Waals surface area contributed by atoms with Crippen molar-refractivity contribution in [2.45, 2.75) is 19.3 Å². The van der Waals surface area contributed by atoms with Crippen LogP contribution in [0, 0.1) is 6.92 Å². The Bertz CT molecular complexity index is 577. The van der Waals surface area contributed by atoms with Crippen molar-refractivity contribution in [3.8, 4) is 5.75 Å². The minimum atomic E-state index is 0.530. The van der Waals surface area contributed by atoms with E-state index in [-0.39, 0.29) is 0 Å². The Morgan fingerprint density at radius 2 is 2.00 bits per heavy atom. The SMILES string of the molecule is Cc1c(N)cccc1OCC1Cc2ccccc21. The van der Waals surface area contributed by atoms with E-state index >= 15 is 0 Å². The van der Waals surface area contributed by atoms with Gasteiger partial charge in [0.05, 0.1) is 6.61 Å². The average molecular weight is 239 g/mol. The van der Waals surface area contributed by atoms with Crippen molar-refractivity contribution in [2.75, 3.05) is 12.3 Å². The molecule has 0 aromatic heterocycles. The van der Waals surface area contributed by atoms with Crippen molar-refractivity contribution in [2.24, 2.45) is 0 Å². The highest BCUT2D eigenvalue weighted by Gasteiger charge is 2.25. The molecule has 0 aliphatic heterocycles. The third-order valence-corrected chi connectivity index (χ3v) is 3.73. The summed E-state index contributed by atoms with van der Waals surface area (Å²) in [5.74, 6) is 1.43. The summed E-state index contributed by atoms with van der Waals surface area (Å²) < 4.78 is 5.90. The van der Waals surface area contributed by atoms with Gasteiger partial charge in [-0.15, -0.1) is 0 Å². The van der Waals surface area contributed by atoms with Gasteiger partial charge in [-0.2, -0.15) is 0 Å². The Balaban J connectivity index is 1.69. The highest BCUT2D eigenvalue weighted by atomic mass is 16.5. The fourth-order valence-corrected chi connectivity index (χ4v) is 2.49. The number of hydrogen-bond acceptors (Lipinski definition) is 2. The molecule has 1 aliphatic rings. The van der Waals surface area contributed by atoms with Crippen molar-refractivity contribution < 1.29 is 4.74 Å². The summed E-state index contributed by atoms with van der Waals surface area (Å²) in [6.07, 6.45) is 1.12. The Labute approximate surface area is 107 Å². The third-order valence-electron chi connectivity index (χ3n) is 3.73. The molecule has 0 fully saturated rings. The van der Waals surface area contributed by atoms with Crippen LogP contribution in [0.2, 0.25) is 0 Å². The average Bonchev–Trinajstić information content (AvgIpc) is 2.35. The summed E-state index contributed by atoms with van der Waals surface area (Å²) in [4.78, 5) is 0. The second-order valence-corrected chi connectivity index (χ2v) is 4.88. The van der Waals surface area contributed by atoms with Crippen molar-refractivity contribution in [3.05, 3.63) is 59.2 Å². The van der Waals surface area contributed by atoms with Gasteiger partial charge in [-0.25, -0.2) is 0 Å². The van der Waals surface area contributed by atoms with Crippen molar-refractivity contribution in [1.29, 1.82) is 0 Å². The lowest BCUT2D eigenvalue weighted by Gasteiger charge is -2.30. The standard InChI is InChI=1S/C16H17NO/c1-11-15(17)7-4-8-16(11)18-10-13-9-12-5-2-3-6-14(12)13/h2-8,13H,9-10,17H2,1H3. The molecule has 3 rings (SSSR count). The van der Waals surface area contributed by atoms with Gasteiger partial charge in [0.25, 0.3) is 0 Å². The molecule has 0 heterocycles. The number of rotatable bonds is 3. The van der Waals surface area contributed by atoms with Crippen LogP contribution in [0.3, 0.4) is 0 Å². The molecule has 0 amide bonds. The zero-order chi connectivity index (χ0) is 12.5. The first-order chi connectivity index (χ1) is 8.75. The van der Waals surface area contributed by atoms with Crippen LogP contribution in [0.5, 0.6) is 5.75 Å².